The number of fused-ring (bicyclic) bond motifs is 2. The van der Waals surface area contributed by atoms with E-state index in [1.807, 2.05) is 36.4 Å². The molecule has 0 bridgehead atoms. The van der Waals surface area contributed by atoms with Crippen LogP contribution in [0.15, 0.2) is 60.8 Å². The molecule has 0 fully saturated rings. The van der Waals surface area contributed by atoms with Gasteiger partial charge >= 0.3 is 0 Å². The SMILES string of the molecule is O=C(c1ccc2ccccc2c1)c1sc2ncccc2c1O. The molecule has 0 radical (unpaired) electrons. The van der Waals surface area contributed by atoms with Gasteiger partial charge in [-0.2, -0.15) is 0 Å². The van der Waals surface area contributed by atoms with E-state index in [1.54, 1.807) is 24.4 Å². The Bertz CT molecular complexity index is 1020. The molecule has 2 aromatic carbocycles. The lowest BCUT2D eigenvalue weighted by Crippen LogP contribution is -1.98. The topological polar surface area (TPSA) is 50.2 Å². The van der Waals surface area contributed by atoms with Crippen LogP contribution in [-0.4, -0.2) is 15.9 Å². The van der Waals surface area contributed by atoms with E-state index in [9.17, 15) is 9.90 Å². The maximum Gasteiger partial charge on any atom is 0.206 e. The number of rotatable bonds is 2. The summed E-state index contributed by atoms with van der Waals surface area (Å²) in [7, 11) is 0. The molecule has 1 N–H and O–H groups in total. The average molecular weight is 305 g/mol. The maximum atomic E-state index is 12.7. The molecule has 22 heavy (non-hydrogen) atoms. The molecule has 4 heteroatoms. The molecule has 0 amide bonds. The van der Waals surface area contributed by atoms with Crippen LogP contribution >= 0.6 is 11.3 Å². The number of nitrogens with zero attached hydrogens (tertiary/aromatic N) is 1. The highest BCUT2D eigenvalue weighted by atomic mass is 32.1. The smallest absolute Gasteiger partial charge is 0.206 e. The number of carbonyl (C=O) groups excluding carboxylic acids is 1. The van der Waals surface area contributed by atoms with Crippen molar-refractivity contribution in [2.24, 2.45) is 0 Å². The van der Waals surface area contributed by atoms with E-state index in [0.717, 1.165) is 10.8 Å². The lowest BCUT2D eigenvalue weighted by molar-refractivity contribution is 0.104. The van der Waals surface area contributed by atoms with Crippen LogP contribution < -0.4 is 0 Å². The first-order valence-electron chi connectivity index (χ1n) is 6.84. The second kappa shape index (κ2) is 4.93. The largest absolute Gasteiger partial charge is 0.506 e. The quantitative estimate of drug-likeness (QED) is 0.559. The van der Waals surface area contributed by atoms with Crippen LogP contribution in [0.3, 0.4) is 0 Å². The van der Waals surface area contributed by atoms with Gasteiger partial charge in [-0.3, -0.25) is 4.79 Å². The molecule has 0 aliphatic carbocycles. The normalized spacial score (nSPS) is 11.1. The molecule has 3 nitrogen and oxygen atoms in total. The molecule has 2 aromatic heterocycles. The van der Waals surface area contributed by atoms with Crippen LogP contribution in [0.1, 0.15) is 15.2 Å². The molecule has 0 aliphatic heterocycles. The fourth-order valence-electron chi connectivity index (χ4n) is 2.54. The zero-order valence-electron chi connectivity index (χ0n) is 11.5. The van der Waals surface area contributed by atoms with Crippen molar-refractivity contribution < 1.29 is 9.90 Å². The number of aromatic nitrogens is 1. The van der Waals surface area contributed by atoms with Crippen molar-refractivity contribution in [1.29, 1.82) is 0 Å². The first kappa shape index (κ1) is 13.0. The standard InChI is InChI=1S/C18H11NO2S/c20-15(13-8-7-11-4-1-2-5-12(11)10-13)17-16(21)14-6-3-9-19-18(14)22-17/h1-10,21H. The first-order valence-corrected chi connectivity index (χ1v) is 7.66. The summed E-state index contributed by atoms with van der Waals surface area (Å²) in [6, 6.07) is 17.0. The molecule has 0 spiro atoms. The predicted molar refractivity (Wildman–Crippen MR) is 88.7 cm³/mol. The van der Waals surface area contributed by atoms with Crippen LogP contribution in [0.25, 0.3) is 21.0 Å². The van der Waals surface area contributed by atoms with Gasteiger partial charge in [0, 0.05) is 11.8 Å². The maximum absolute atomic E-state index is 12.7. The summed E-state index contributed by atoms with van der Waals surface area (Å²) in [6.07, 6.45) is 1.66. The molecule has 0 atom stereocenters. The van der Waals surface area contributed by atoms with Gasteiger partial charge in [-0.05, 0) is 29.0 Å². The zero-order valence-corrected chi connectivity index (χ0v) is 12.3. The Morgan fingerprint density at radius 2 is 1.82 bits per heavy atom. The van der Waals surface area contributed by atoms with Gasteiger partial charge in [-0.25, -0.2) is 4.98 Å². The number of hydrogen-bond acceptors (Lipinski definition) is 4. The lowest BCUT2D eigenvalue weighted by atomic mass is 10.0. The predicted octanol–water partition coefficient (Wildman–Crippen LogP) is 4.39. The Hall–Kier alpha value is -2.72. The van der Waals surface area contributed by atoms with E-state index >= 15 is 0 Å². The molecular formula is C18H11NO2S. The summed E-state index contributed by atoms with van der Waals surface area (Å²) >= 11 is 1.22. The molecule has 0 aliphatic rings. The second-order valence-corrected chi connectivity index (χ2v) is 6.03. The van der Waals surface area contributed by atoms with E-state index in [2.05, 4.69) is 4.98 Å². The molecule has 4 rings (SSSR count). The highest BCUT2D eigenvalue weighted by Crippen LogP contribution is 2.37. The second-order valence-electron chi connectivity index (χ2n) is 5.03. The van der Waals surface area contributed by atoms with E-state index in [1.165, 1.54) is 11.3 Å². The Balaban J connectivity index is 1.86. The zero-order chi connectivity index (χ0) is 15.1. The van der Waals surface area contributed by atoms with Crippen LogP contribution in [0.4, 0.5) is 0 Å². The molecule has 0 saturated heterocycles. The van der Waals surface area contributed by atoms with Gasteiger partial charge in [0.05, 0.1) is 5.39 Å². The van der Waals surface area contributed by atoms with E-state index in [0.29, 0.717) is 20.7 Å². The third kappa shape index (κ3) is 1.96. The van der Waals surface area contributed by atoms with Crippen molar-refractivity contribution in [2.45, 2.75) is 0 Å². The minimum absolute atomic E-state index is 0.0197. The number of hydrogen-bond donors (Lipinski definition) is 1. The summed E-state index contributed by atoms with van der Waals surface area (Å²) in [6.45, 7) is 0. The van der Waals surface area contributed by atoms with Crippen LogP contribution in [0.5, 0.6) is 5.75 Å². The van der Waals surface area contributed by atoms with Gasteiger partial charge in [-0.15, -0.1) is 11.3 Å². The van der Waals surface area contributed by atoms with Crippen molar-refractivity contribution >= 4 is 38.1 Å². The van der Waals surface area contributed by atoms with Crippen molar-refractivity contribution in [1.82, 2.24) is 4.98 Å². The third-order valence-electron chi connectivity index (χ3n) is 3.66. The van der Waals surface area contributed by atoms with Gasteiger partial charge in [-0.1, -0.05) is 36.4 Å². The van der Waals surface area contributed by atoms with Gasteiger partial charge in [0.2, 0.25) is 5.78 Å². The Morgan fingerprint density at radius 3 is 2.64 bits per heavy atom. The first-order chi connectivity index (χ1) is 10.7. The van der Waals surface area contributed by atoms with Gasteiger partial charge in [0.15, 0.2) is 0 Å². The third-order valence-corrected chi connectivity index (χ3v) is 4.76. The van der Waals surface area contributed by atoms with Gasteiger partial charge < -0.3 is 5.11 Å². The average Bonchev–Trinajstić information content (AvgIpc) is 2.91. The van der Waals surface area contributed by atoms with Crippen molar-refractivity contribution in [3.05, 3.63) is 71.2 Å². The lowest BCUT2D eigenvalue weighted by Gasteiger charge is -2.02. The number of carbonyl (C=O) groups is 1. The van der Waals surface area contributed by atoms with E-state index in [-0.39, 0.29) is 11.5 Å². The summed E-state index contributed by atoms with van der Waals surface area (Å²) in [4.78, 5) is 17.9. The van der Waals surface area contributed by atoms with Crippen LogP contribution in [-0.2, 0) is 0 Å². The summed E-state index contributed by atoms with van der Waals surface area (Å²) in [5.74, 6) is -0.155. The summed E-state index contributed by atoms with van der Waals surface area (Å²) in [5, 5.41) is 13.0. The molecule has 0 unspecified atom stereocenters. The Morgan fingerprint density at radius 1 is 1.00 bits per heavy atom. The molecule has 2 heterocycles. The van der Waals surface area contributed by atoms with Crippen LogP contribution in [0.2, 0.25) is 0 Å². The highest BCUT2D eigenvalue weighted by Gasteiger charge is 2.20. The summed E-state index contributed by atoms with van der Waals surface area (Å²) < 4.78 is 0. The number of benzene rings is 2. The number of ketones is 1. The van der Waals surface area contributed by atoms with Crippen molar-refractivity contribution in [3.8, 4) is 5.75 Å². The highest BCUT2D eigenvalue weighted by molar-refractivity contribution is 7.21. The molecule has 0 saturated carbocycles. The number of pyridine rings is 1. The summed E-state index contributed by atoms with van der Waals surface area (Å²) in [5.41, 5.74) is 0.570. The number of thiophene rings is 1. The Kier molecular flexibility index (Phi) is 2.91. The van der Waals surface area contributed by atoms with E-state index < -0.39 is 0 Å². The minimum Gasteiger partial charge on any atom is -0.506 e. The molecule has 4 aromatic rings. The number of aromatic hydroxyl groups is 1. The van der Waals surface area contributed by atoms with Gasteiger partial charge in [0.25, 0.3) is 0 Å². The van der Waals surface area contributed by atoms with Crippen LogP contribution in [0, 0.1) is 0 Å². The minimum atomic E-state index is -0.175. The van der Waals surface area contributed by atoms with Gasteiger partial charge in [0.1, 0.15) is 15.5 Å². The fourth-order valence-corrected chi connectivity index (χ4v) is 3.53. The Labute approximate surface area is 130 Å². The molecule has 106 valence electrons. The molecular weight excluding hydrogens is 294 g/mol. The van der Waals surface area contributed by atoms with Crippen molar-refractivity contribution in [3.63, 3.8) is 0 Å². The monoisotopic (exact) mass is 305 g/mol. The van der Waals surface area contributed by atoms with Crippen molar-refractivity contribution in [2.75, 3.05) is 0 Å². The van der Waals surface area contributed by atoms with E-state index in [4.69, 9.17) is 0 Å². The fraction of sp³-hybridized carbons (Fsp3) is 0.